The first-order chi connectivity index (χ1) is 9.72. The van der Waals surface area contributed by atoms with Gasteiger partial charge in [-0.25, -0.2) is 0 Å². The lowest BCUT2D eigenvalue weighted by atomic mass is 9.72. The molecule has 3 N–H and O–H groups in total. The molecule has 2 fully saturated rings. The Bertz CT molecular complexity index is 488. The van der Waals surface area contributed by atoms with Crippen molar-refractivity contribution in [1.29, 1.82) is 0 Å². The molecular weight excluding hydrogens is 258 g/mol. The number of nitrogens with two attached hydrogens (primary N) is 1. The van der Waals surface area contributed by atoms with Gasteiger partial charge in [0.05, 0.1) is 18.8 Å². The van der Waals surface area contributed by atoms with Crippen LogP contribution in [0.2, 0.25) is 0 Å². The molecular formula is C14H21N3O3. The number of aromatic nitrogens is 1. The summed E-state index contributed by atoms with van der Waals surface area (Å²) in [5, 5.41) is 3.01. The molecule has 20 heavy (non-hydrogen) atoms. The Labute approximate surface area is 118 Å². The summed E-state index contributed by atoms with van der Waals surface area (Å²) < 4.78 is 12.6. The smallest absolute Gasteiger partial charge is 0.268 e. The minimum Gasteiger partial charge on any atom is -0.383 e. The Hall–Kier alpha value is -1.37. The molecule has 0 spiro atoms. The quantitative estimate of drug-likeness (QED) is 0.794. The average molecular weight is 279 g/mol. The van der Waals surface area contributed by atoms with Crippen LogP contribution in [0.4, 0.5) is 0 Å². The molecule has 1 aromatic heterocycles. The van der Waals surface area contributed by atoms with Crippen molar-refractivity contribution in [3.05, 3.63) is 24.0 Å². The average Bonchev–Trinajstić information content (AvgIpc) is 3.08. The zero-order valence-electron chi connectivity index (χ0n) is 11.6. The Morgan fingerprint density at radius 3 is 3.30 bits per heavy atom. The highest BCUT2D eigenvalue weighted by Crippen LogP contribution is 2.37. The fourth-order valence-electron chi connectivity index (χ4n) is 3.16. The van der Waals surface area contributed by atoms with Crippen LogP contribution in [0.15, 0.2) is 18.3 Å². The van der Waals surface area contributed by atoms with Crippen LogP contribution in [0.5, 0.6) is 0 Å². The van der Waals surface area contributed by atoms with E-state index in [0.29, 0.717) is 24.8 Å². The van der Waals surface area contributed by atoms with Crippen molar-refractivity contribution in [1.82, 2.24) is 9.88 Å². The van der Waals surface area contributed by atoms with Crippen LogP contribution < -0.4 is 11.1 Å². The number of rotatable bonds is 5. The number of nitrogens with one attached hydrogen (secondary N) is 1. The normalized spacial score (nSPS) is 31.7. The van der Waals surface area contributed by atoms with E-state index in [4.69, 9.17) is 15.2 Å². The number of nitrogens with zero attached hydrogens (tertiary/aromatic N) is 1. The van der Waals surface area contributed by atoms with Crippen molar-refractivity contribution >= 4 is 5.91 Å². The number of methoxy groups -OCH3 is 1. The third-order valence-electron chi connectivity index (χ3n) is 4.34. The summed E-state index contributed by atoms with van der Waals surface area (Å²) in [5.74, 6) is 0.307. The van der Waals surface area contributed by atoms with Gasteiger partial charge in [-0.15, -0.1) is 0 Å². The highest BCUT2D eigenvalue weighted by molar-refractivity contribution is 5.93. The van der Waals surface area contributed by atoms with E-state index in [0.717, 1.165) is 13.0 Å². The molecule has 6 nitrogen and oxygen atoms in total. The van der Waals surface area contributed by atoms with E-state index in [1.807, 2.05) is 22.9 Å². The Balaban J connectivity index is 1.63. The Morgan fingerprint density at radius 1 is 1.65 bits per heavy atom. The molecule has 0 bridgehead atoms. The van der Waals surface area contributed by atoms with E-state index in [2.05, 4.69) is 5.32 Å². The number of carbonyl (C=O) groups is 1. The summed E-state index contributed by atoms with van der Waals surface area (Å²) in [6.07, 6.45) is 2.97. The molecule has 0 aromatic carbocycles. The van der Waals surface area contributed by atoms with Crippen LogP contribution in [-0.2, 0) is 16.0 Å². The topological polar surface area (TPSA) is 78.5 Å². The summed E-state index contributed by atoms with van der Waals surface area (Å²) in [7, 11) is 1.65. The number of amides is 1. The maximum atomic E-state index is 12.3. The van der Waals surface area contributed by atoms with Crippen molar-refractivity contribution in [2.24, 2.45) is 11.7 Å². The SMILES string of the molecule is COCCn1cccc1C(=O)NC1C(N)C2CCOC21. The monoisotopic (exact) mass is 279 g/mol. The van der Waals surface area contributed by atoms with Gasteiger partial charge in [-0.2, -0.15) is 0 Å². The molecule has 1 amide bonds. The minimum atomic E-state index is -0.0968. The summed E-state index contributed by atoms with van der Waals surface area (Å²) in [5.41, 5.74) is 6.74. The second-order valence-corrected chi connectivity index (χ2v) is 5.44. The second-order valence-electron chi connectivity index (χ2n) is 5.44. The van der Waals surface area contributed by atoms with Crippen molar-refractivity contribution in [3.8, 4) is 0 Å². The van der Waals surface area contributed by atoms with E-state index in [1.54, 1.807) is 7.11 Å². The van der Waals surface area contributed by atoms with Gasteiger partial charge >= 0.3 is 0 Å². The van der Waals surface area contributed by atoms with E-state index in [-0.39, 0.29) is 24.1 Å². The van der Waals surface area contributed by atoms with Crippen molar-refractivity contribution in [2.45, 2.75) is 31.2 Å². The van der Waals surface area contributed by atoms with Gasteiger partial charge < -0.3 is 25.1 Å². The fourth-order valence-corrected chi connectivity index (χ4v) is 3.16. The van der Waals surface area contributed by atoms with Gasteiger partial charge in [0.25, 0.3) is 5.91 Å². The number of hydrogen-bond donors (Lipinski definition) is 2. The fraction of sp³-hybridized carbons (Fsp3) is 0.643. The minimum absolute atomic E-state index is 0.00818. The van der Waals surface area contributed by atoms with Crippen LogP contribution >= 0.6 is 0 Å². The zero-order valence-corrected chi connectivity index (χ0v) is 11.6. The second kappa shape index (κ2) is 5.55. The molecule has 1 saturated heterocycles. The van der Waals surface area contributed by atoms with Gasteiger partial charge in [0.1, 0.15) is 5.69 Å². The molecule has 4 unspecified atom stereocenters. The van der Waals surface area contributed by atoms with Gasteiger partial charge in [0.2, 0.25) is 0 Å². The van der Waals surface area contributed by atoms with Crippen molar-refractivity contribution in [3.63, 3.8) is 0 Å². The molecule has 6 heteroatoms. The molecule has 3 rings (SSSR count). The van der Waals surface area contributed by atoms with Gasteiger partial charge in [0, 0.05) is 38.4 Å². The Kier molecular flexibility index (Phi) is 3.78. The van der Waals surface area contributed by atoms with E-state index in [9.17, 15) is 4.79 Å². The lowest BCUT2D eigenvalue weighted by Crippen LogP contribution is -2.69. The third-order valence-corrected chi connectivity index (χ3v) is 4.34. The Morgan fingerprint density at radius 2 is 2.50 bits per heavy atom. The van der Waals surface area contributed by atoms with Crippen molar-refractivity contribution in [2.75, 3.05) is 20.3 Å². The largest absolute Gasteiger partial charge is 0.383 e. The van der Waals surface area contributed by atoms with E-state index < -0.39 is 0 Å². The molecule has 0 radical (unpaired) electrons. The third kappa shape index (κ3) is 2.24. The summed E-state index contributed by atoms with van der Waals surface area (Å²) in [4.78, 5) is 12.3. The number of hydrogen-bond acceptors (Lipinski definition) is 4. The highest BCUT2D eigenvalue weighted by Gasteiger charge is 2.52. The summed E-state index contributed by atoms with van der Waals surface area (Å²) in [6, 6.07) is 3.61. The molecule has 1 aromatic rings. The van der Waals surface area contributed by atoms with Gasteiger partial charge in [-0.1, -0.05) is 0 Å². The molecule has 1 aliphatic carbocycles. The van der Waals surface area contributed by atoms with Gasteiger partial charge in [-0.05, 0) is 18.6 Å². The van der Waals surface area contributed by atoms with Crippen LogP contribution in [-0.4, -0.2) is 49.0 Å². The molecule has 110 valence electrons. The lowest BCUT2D eigenvalue weighted by molar-refractivity contribution is -0.0162. The highest BCUT2D eigenvalue weighted by atomic mass is 16.5. The molecule has 2 heterocycles. The molecule has 1 aliphatic heterocycles. The van der Waals surface area contributed by atoms with E-state index >= 15 is 0 Å². The van der Waals surface area contributed by atoms with Crippen LogP contribution in [0.25, 0.3) is 0 Å². The van der Waals surface area contributed by atoms with Gasteiger partial charge in [0.15, 0.2) is 0 Å². The van der Waals surface area contributed by atoms with Gasteiger partial charge in [-0.3, -0.25) is 4.79 Å². The number of ether oxygens (including phenoxy) is 2. The lowest BCUT2D eigenvalue weighted by Gasteiger charge is -2.45. The predicted octanol–water partition coefficient (Wildman–Crippen LogP) is -0.0211. The molecule has 4 atom stereocenters. The first-order valence-electron chi connectivity index (χ1n) is 7.04. The predicted molar refractivity (Wildman–Crippen MR) is 73.4 cm³/mol. The standard InChI is InChI=1S/C14H21N3O3/c1-19-8-6-17-5-2-3-10(17)14(18)16-12-11(15)9-4-7-20-13(9)12/h2-3,5,9,11-13H,4,6-8,15H2,1H3,(H,16,18). The first kappa shape index (κ1) is 13.6. The summed E-state index contributed by atoms with van der Waals surface area (Å²) >= 11 is 0. The zero-order chi connectivity index (χ0) is 14.1. The number of carbonyl (C=O) groups excluding carboxylic acids is 1. The van der Waals surface area contributed by atoms with Crippen LogP contribution in [0.1, 0.15) is 16.9 Å². The first-order valence-corrected chi connectivity index (χ1v) is 7.04. The van der Waals surface area contributed by atoms with Crippen molar-refractivity contribution < 1.29 is 14.3 Å². The maximum absolute atomic E-state index is 12.3. The van der Waals surface area contributed by atoms with Crippen LogP contribution in [0.3, 0.4) is 0 Å². The summed E-state index contributed by atoms with van der Waals surface area (Å²) in [6.45, 7) is 1.98. The maximum Gasteiger partial charge on any atom is 0.268 e. The van der Waals surface area contributed by atoms with E-state index in [1.165, 1.54) is 0 Å². The number of fused-ring (bicyclic) bond motifs is 1. The molecule has 1 saturated carbocycles. The molecule has 2 aliphatic rings. The van der Waals surface area contributed by atoms with Crippen LogP contribution in [0, 0.1) is 5.92 Å².